The predicted octanol–water partition coefficient (Wildman–Crippen LogP) is 1.87. The molecule has 5 nitrogen and oxygen atoms in total. The Kier molecular flexibility index (Phi) is 4.22. The second-order valence-corrected chi connectivity index (χ2v) is 5.52. The molecular formula is C13H18N4OS. The number of rotatable bonds is 5. The molecule has 3 heterocycles. The molecule has 2 aromatic rings. The number of thiophene rings is 1. The van der Waals surface area contributed by atoms with E-state index in [2.05, 4.69) is 20.6 Å². The van der Waals surface area contributed by atoms with Gasteiger partial charge in [-0.2, -0.15) is 0 Å². The smallest absolute Gasteiger partial charge is 0.147 e. The Hall–Kier alpha value is -1.24. The minimum Gasteiger partial charge on any atom is -0.376 e. The van der Waals surface area contributed by atoms with Crippen molar-refractivity contribution in [1.29, 1.82) is 0 Å². The maximum absolute atomic E-state index is 5.86. The molecule has 1 aliphatic rings. The van der Waals surface area contributed by atoms with E-state index < -0.39 is 0 Å². The first-order valence-corrected chi connectivity index (χ1v) is 7.56. The summed E-state index contributed by atoms with van der Waals surface area (Å²) in [5.74, 6) is 0.911. The summed E-state index contributed by atoms with van der Waals surface area (Å²) in [6.45, 7) is 3.65. The van der Waals surface area contributed by atoms with Crippen LogP contribution in [0.25, 0.3) is 10.2 Å². The van der Waals surface area contributed by atoms with Crippen LogP contribution >= 0.6 is 11.3 Å². The van der Waals surface area contributed by atoms with Crippen molar-refractivity contribution in [3.05, 3.63) is 17.8 Å². The van der Waals surface area contributed by atoms with Crippen molar-refractivity contribution < 1.29 is 4.74 Å². The Morgan fingerprint density at radius 3 is 3.16 bits per heavy atom. The van der Waals surface area contributed by atoms with E-state index in [-0.39, 0.29) is 0 Å². The van der Waals surface area contributed by atoms with Gasteiger partial charge in [-0.25, -0.2) is 9.97 Å². The summed E-state index contributed by atoms with van der Waals surface area (Å²) < 4.78 is 6.97. The second kappa shape index (κ2) is 6.27. The molecule has 3 rings (SSSR count). The monoisotopic (exact) mass is 278 g/mol. The van der Waals surface area contributed by atoms with Gasteiger partial charge in [-0.3, -0.25) is 0 Å². The standard InChI is InChI=1S/C13H18N4OS/c1-4-14-5-2-10(1)18-7-6-15-13-12-11(3-8-19-12)16-9-17-13/h3,8-10,14H,1-2,4-7H2,(H,15,16,17). The first-order valence-electron chi connectivity index (χ1n) is 6.68. The lowest BCUT2D eigenvalue weighted by Gasteiger charge is -2.23. The minimum absolute atomic E-state index is 0.412. The number of ether oxygens (including phenoxy) is 1. The average molecular weight is 278 g/mol. The van der Waals surface area contributed by atoms with Crippen LogP contribution in [0.3, 0.4) is 0 Å². The van der Waals surface area contributed by atoms with Gasteiger partial charge in [0.05, 0.1) is 22.9 Å². The van der Waals surface area contributed by atoms with Gasteiger partial charge in [-0.1, -0.05) is 0 Å². The van der Waals surface area contributed by atoms with E-state index in [1.807, 2.05) is 11.4 Å². The van der Waals surface area contributed by atoms with Gasteiger partial charge in [0, 0.05) is 6.54 Å². The maximum atomic E-state index is 5.86. The average Bonchev–Trinajstić information content (AvgIpc) is 2.94. The van der Waals surface area contributed by atoms with Crippen molar-refractivity contribution in [3.63, 3.8) is 0 Å². The van der Waals surface area contributed by atoms with E-state index in [1.165, 1.54) is 0 Å². The number of aromatic nitrogens is 2. The van der Waals surface area contributed by atoms with E-state index in [1.54, 1.807) is 17.7 Å². The third-order valence-electron chi connectivity index (χ3n) is 3.28. The van der Waals surface area contributed by atoms with Crippen LogP contribution in [0, 0.1) is 0 Å². The number of fused-ring (bicyclic) bond motifs is 1. The molecule has 0 amide bonds. The van der Waals surface area contributed by atoms with Gasteiger partial charge in [0.1, 0.15) is 12.1 Å². The van der Waals surface area contributed by atoms with Crippen LogP contribution < -0.4 is 10.6 Å². The molecule has 1 saturated heterocycles. The van der Waals surface area contributed by atoms with Gasteiger partial charge in [0.2, 0.25) is 0 Å². The molecular weight excluding hydrogens is 260 g/mol. The summed E-state index contributed by atoms with van der Waals surface area (Å²) in [5, 5.41) is 8.71. The zero-order valence-electron chi connectivity index (χ0n) is 10.8. The molecule has 0 aliphatic carbocycles. The summed E-state index contributed by atoms with van der Waals surface area (Å²) in [4.78, 5) is 8.51. The summed E-state index contributed by atoms with van der Waals surface area (Å²) in [6, 6.07) is 2.01. The van der Waals surface area contributed by atoms with E-state index in [0.717, 1.165) is 55.1 Å². The third kappa shape index (κ3) is 3.20. The van der Waals surface area contributed by atoms with Crippen molar-refractivity contribution in [2.24, 2.45) is 0 Å². The topological polar surface area (TPSA) is 59.1 Å². The zero-order valence-corrected chi connectivity index (χ0v) is 11.6. The van der Waals surface area contributed by atoms with Crippen LogP contribution in [-0.4, -0.2) is 42.3 Å². The van der Waals surface area contributed by atoms with Crippen molar-refractivity contribution in [2.45, 2.75) is 18.9 Å². The lowest BCUT2D eigenvalue weighted by Crippen LogP contribution is -2.33. The molecule has 0 atom stereocenters. The Morgan fingerprint density at radius 1 is 1.37 bits per heavy atom. The summed E-state index contributed by atoms with van der Waals surface area (Å²) in [7, 11) is 0. The van der Waals surface area contributed by atoms with Crippen molar-refractivity contribution in [1.82, 2.24) is 15.3 Å². The molecule has 0 spiro atoms. The number of hydrogen-bond acceptors (Lipinski definition) is 6. The highest BCUT2D eigenvalue weighted by Crippen LogP contribution is 2.24. The molecule has 1 fully saturated rings. The number of piperidine rings is 1. The fourth-order valence-electron chi connectivity index (χ4n) is 2.27. The molecule has 19 heavy (non-hydrogen) atoms. The van der Waals surface area contributed by atoms with Crippen LogP contribution in [0.5, 0.6) is 0 Å². The van der Waals surface area contributed by atoms with E-state index in [4.69, 9.17) is 4.74 Å². The van der Waals surface area contributed by atoms with E-state index in [0.29, 0.717) is 6.10 Å². The van der Waals surface area contributed by atoms with Gasteiger partial charge in [0.15, 0.2) is 0 Å². The van der Waals surface area contributed by atoms with E-state index >= 15 is 0 Å². The predicted molar refractivity (Wildman–Crippen MR) is 77.7 cm³/mol. The zero-order chi connectivity index (χ0) is 12.9. The number of anilines is 1. The van der Waals surface area contributed by atoms with Crippen LogP contribution in [-0.2, 0) is 4.74 Å². The van der Waals surface area contributed by atoms with Gasteiger partial charge in [-0.05, 0) is 37.4 Å². The SMILES string of the molecule is c1nc(NCCOC2CCNCC2)c2sccc2n1. The molecule has 0 bridgehead atoms. The molecule has 2 aromatic heterocycles. The van der Waals surface area contributed by atoms with Gasteiger partial charge < -0.3 is 15.4 Å². The lowest BCUT2D eigenvalue weighted by atomic mass is 10.1. The minimum atomic E-state index is 0.412. The largest absolute Gasteiger partial charge is 0.376 e. The highest BCUT2D eigenvalue weighted by Gasteiger charge is 2.12. The molecule has 0 aromatic carbocycles. The Balaban J connectivity index is 1.48. The Labute approximate surface area is 116 Å². The summed E-state index contributed by atoms with van der Waals surface area (Å²) in [5.41, 5.74) is 1.00. The molecule has 0 radical (unpaired) electrons. The van der Waals surface area contributed by atoms with Crippen molar-refractivity contribution in [3.8, 4) is 0 Å². The molecule has 0 unspecified atom stereocenters. The first kappa shape index (κ1) is 12.8. The van der Waals surface area contributed by atoms with Gasteiger partial charge in [-0.15, -0.1) is 11.3 Å². The first-order chi connectivity index (χ1) is 9.43. The Morgan fingerprint density at radius 2 is 2.26 bits per heavy atom. The van der Waals surface area contributed by atoms with Crippen LogP contribution in [0.2, 0.25) is 0 Å². The third-order valence-corrected chi connectivity index (χ3v) is 4.19. The fraction of sp³-hybridized carbons (Fsp3) is 0.538. The van der Waals surface area contributed by atoms with Crippen LogP contribution in [0.15, 0.2) is 17.8 Å². The molecule has 2 N–H and O–H groups in total. The highest BCUT2D eigenvalue weighted by atomic mass is 32.1. The van der Waals surface area contributed by atoms with Gasteiger partial charge in [0.25, 0.3) is 0 Å². The summed E-state index contributed by atoms with van der Waals surface area (Å²) in [6.07, 6.45) is 4.24. The highest BCUT2D eigenvalue weighted by molar-refractivity contribution is 7.17. The van der Waals surface area contributed by atoms with Crippen LogP contribution in [0.4, 0.5) is 5.82 Å². The van der Waals surface area contributed by atoms with Crippen LogP contribution in [0.1, 0.15) is 12.8 Å². The maximum Gasteiger partial charge on any atom is 0.147 e. The lowest BCUT2D eigenvalue weighted by molar-refractivity contribution is 0.0394. The second-order valence-electron chi connectivity index (χ2n) is 4.60. The number of nitrogens with zero attached hydrogens (tertiary/aromatic N) is 2. The summed E-state index contributed by atoms with van der Waals surface area (Å²) >= 11 is 1.66. The molecule has 0 saturated carbocycles. The normalized spacial score (nSPS) is 16.8. The Bertz CT molecular complexity index is 524. The quantitative estimate of drug-likeness (QED) is 0.818. The van der Waals surface area contributed by atoms with Crippen molar-refractivity contribution >= 4 is 27.4 Å². The molecule has 1 aliphatic heterocycles. The van der Waals surface area contributed by atoms with Gasteiger partial charge >= 0.3 is 0 Å². The number of hydrogen-bond donors (Lipinski definition) is 2. The molecule has 6 heteroatoms. The van der Waals surface area contributed by atoms with E-state index in [9.17, 15) is 0 Å². The number of nitrogens with one attached hydrogen (secondary N) is 2. The molecule has 102 valence electrons. The fourth-order valence-corrected chi connectivity index (χ4v) is 3.08. The van der Waals surface area contributed by atoms with Crippen molar-refractivity contribution in [2.75, 3.05) is 31.6 Å².